The molecule has 72 valence electrons. The topological polar surface area (TPSA) is 50.8 Å². The molecule has 0 aromatic heterocycles. The van der Waals surface area contributed by atoms with Gasteiger partial charge in [-0.1, -0.05) is 6.92 Å². The van der Waals surface area contributed by atoms with Crippen molar-refractivity contribution in [2.75, 3.05) is 19.6 Å². The monoisotopic (exact) mass is 199 g/mol. The molecule has 0 aliphatic rings. The summed E-state index contributed by atoms with van der Waals surface area (Å²) in [5.41, 5.74) is 0. The van der Waals surface area contributed by atoms with E-state index in [0.717, 1.165) is 6.54 Å². The average Bonchev–Trinajstić information content (AvgIpc) is 2.16. The highest BCUT2D eigenvalue weighted by Gasteiger charge is 2.12. The van der Waals surface area contributed by atoms with E-state index in [1.165, 1.54) is 0 Å². The SMILES string of the molecule is CCN(CC(C)C#N)CC(Cl)C#N. The van der Waals surface area contributed by atoms with Gasteiger partial charge in [-0.25, -0.2) is 0 Å². The van der Waals surface area contributed by atoms with Gasteiger partial charge in [-0.3, -0.25) is 4.90 Å². The van der Waals surface area contributed by atoms with Crippen molar-refractivity contribution in [3.05, 3.63) is 0 Å². The van der Waals surface area contributed by atoms with Crippen molar-refractivity contribution in [2.45, 2.75) is 19.2 Å². The van der Waals surface area contributed by atoms with Crippen LogP contribution in [0.25, 0.3) is 0 Å². The van der Waals surface area contributed by atoms with Crippen LogP contribution in [0.4, 0.5) is 0 Å². The molecule has 0 aliphatic carbocycles. The molecule has 0 bridgehead atoms. The van der Waals surface area contributed by atoms with E-state index >= 15 is 0 Å². The smallest absolute Gasteiger partial charge is 0.133 e. The zero-order valence-electron chi connectivity index (χ0n) is 8.00. The van der Waals surface area contributed by atoms with Gasteiger partial charge >= 0.3 is 0 Å². The molecule has 2 atom stereocenters. The van der Waals surface area contributed by atoms with Crippen LogP contribution in [0.1, 0.15) is 13.8 Å². The molecule has 3 nitrogen and oxygen atoms in total. The molecule has 13 heavy (non-hydrogen) atoms. The predicted octanol–water partition coefficient (Wildman–Crippen LogP) is 1.60. The molecule has 4 heteroatoms. The summed E-state index contributed by atoms with van der Waals surface area (Å²) in [6.45, 7) is 5.87. The third kappa shape index (κ3) is 5.47. The quantitative estimate of drug-likeness (QED) is 0.632. The van der Waals surface area contributed by atoms with Gasteiger partial charge in [0.2, 0.25) is 0 Å². The summed E-state index contributed by atoms with van der Waals surface area (Å²) in [4.78, 5) is 2.01. The minimum atomic E-state index is -0.481. The number of hydrogen-bond acceptors (Lipinski definition) is 3. The fourth-order valence-corrected chi connectivity index (χ4v) is 1.22. The number of nitriles is 2. The molecule has 0 aromatic carbocycles. The number of nitrogens with zero attached hydrogens (tertiary/aromatic N) is 3. The Balaban J connectivity index is 3.92. The van der Waals surface area contributed by atoms with Crippen molar-refractivity contribution in [3.63, 3.8) is 0 Å². The third-order valence-electron chi connectivity index (χ3n) is 1.76. The summed E-state index contributed by atoms with van der Waals surface area (Å²) in [5, 5.41) is 16.6. The molecule has 0 saturated carbocycles. The van der Waals surface area contributed by atoms with Gasteiger partial charge < -0.3 is 0 Å². The maximum absolute atomic E-state index is 8.60. The third-order valence-corrected chi connectivity index (χ3v) is 1.99. The van der Waals surface area contributed by atoms with Crippen LogP contribution in [0, 0.1) is 28.6 Å². The van der Waals surface area contributed by atoms with E-state index in [-0.39, 0.29) is 5.92 Å². The van der Waals surface area contributed by atoms with Crippen LogP contribution in [0.3, 0.4) is 0 Å². The van der Waals surface area contributed by atoms with Crippen LogP contribution in [-0.2, 0) is 0 Å². The number of hydrogen-bond donors (Lipinski definition) is 0. The Morgan fingerprint density at radius 3 is 2.31 bits per heavy atom. The van der Waals surface area contributed by atoms with E-state index in [4.69, 9.17) is 22.1 Å². The van der Waals surface area contributed by atoms with E-state index in [2.05, 4.69) is 6.07 Å². The first-order valence-corrected chi connectivity index (χ1v) is 4.73. The summed E-state index contributed by atoms with van der Waals surface area (Å²) in [6, 6.07) is 4.12. The first-order valence-electron chi connectivity index (χ1n) is 4.29. The van der Waals surface area contributed by atoms with Gasteiger partial charge in [0.25, 0.3) is 0 Å². The Morgan fingerprint density at radius 2 is 1.92 bits per heavy atom. The van der Waals surface area contributed by atoms with E-state index in [1.54, 1.807) is 0 Å². The van der Waals surface area contributed by atoms with Gasteiger partial charge in [0, 0.05) is 13.1 Å². The fourth-order valence-electron chi connectivity index (χ4n) is 1.03. The van der Waals surface area contributed by atoms with Crippen molar-refractivity contribution in [2.24, 2.45) is 5.92 Å². The van der Waals surface area contributed by atoms with Crippen LogP contribution < -0.4 is 0 Å². The summed E-state index contributed by atoms with van der Waals surface area (Å²) >= 11 is 5.68. The fraction of sp³-hybridized carbons (Fsp3) is 0.778. The Morgan fingerprint density at radius 1 is 1.31 bits per heavy atom. The Labute approximate surface area is 84.5 Å². The van der Waals surface area contributed by atoms with Crippen molar-refractivity contribution in [1.29, 1.82) is 10.5 Å². The lowest BCUT2D eigenvalue weighted by molar-refractivity contribution is 0.276. The van der Waals surface area contributed by atoms with E-state index < -0.39 is 5.38 Å². The normalized spacial score (nSPS) is 14.6. The van der Waals surface area contributed by atoms with E-state index in [0.29, 0.717) is 13.1 Å². The van der Waals surface area contributed by atoms with Crippen LogP contribution in [0.5, 0.6) is 0 Å². The standard InChI is InChI=1S/C9H14ClN3/c1-3-13(6-8(2)4-11)7-9(10)5-12/h8-9H,3,6-7H2,1-2H3. The average molecular weight is 200 g/mol. The largest absolute Gasteiger partial charge is 0.300 e. The van der Waals surface area contributed by atoms with Crippen molar-refractivity contribution < 1.29 is 0 Å². The molecule has 0 saturated heterocycles. The molecule has 0 aromatic rings. The highest BCUT2D eigenvalue weighted by Crippen LogP contribution is 2.02. The second-order valence-electron chi connectivity index (χ2n) is 2.98. The molecular weight excluding hydrogens is 186 g/mol. The minimum absolute atomic E-state index is 0.0116. The van der Waals surface area contributed by atoms with Crippen molar-refractivity contribution in [1.82, 2.24) is 4.90 Å². The number of alkyl halides is 1. The van der Waals surface area contributed by atoms with Crippen LogP contribution >= 0.6 is 11.6 Å². The second kappa shape index (κ2) is 6.71. The second-order valence-corrected chi connectivity index (χ2v) is 3.51. The lowest BCUT2D eigenvalue weighted by Gasteiger charge is -2.21. The van der Waals surface area contributed by atoms with Crippen molar-refractivity contribution in [3.8, 4) is 12.1 Å². The van der Waals surface area contributed by atoms with Gasteiger partial charge in [-0.15, -0.1) is 11.6 Å². The number of halogens is 1. The maximum atomic E-state index is 8.60. The lowest BCUT2D eigenvalue weighted by atomic mass is 10.2. The van der Waals surface area contributed by atoms with Crippen molar-refractivity contribution >= 4 is 11.6 Å². The molecular formula is C9H14ClN3. The molecule has 0 rings (SSSR count). The summed E-state index contributed by atoms with van der Waals surface area (Å²) in [5.74, 6) is -0.0116. The Bertz CT molecular complexity index is 194. The predicted molar refractivity (Wildman–Crippen MR) is 52.1 cm³/mol. The highest BCUT2D eigenvalue weighted by molar-refractivity contribution is 6.22. The molecule has 0 heterocycles. The summed E-state index contributed by atoms with van der Waals surface area (Å²) in [6.07, 6.45) is 0. The molecule has 0 spiro atoms. The highest BCUT2D eigenvalue weighted by atomic mass is 35.5. The van der Waals surface area contributed by atoms with Crippen LogP contribution in [0.2, 0.25) is 0 Å². The van der Waals surface area contributed by atoms with E-state index in [1.807, 2.05) is 24.8 Å². The summed E-state index contributed by atoms with van der Waals surface area (Å²) < 4.78 is 0. The van der Waals surface area contributed by atoms with Gasteiger partial charge in [-0.2, -0.15) is 10.5 Å². The zero-order chi connectivity index (χ0) is 10.3. The Hall–Kier alpha value is -0.770. The maximum Gasteiger partial charge on any atom is 0.133 e. The van der Waals surface area contributed by atoms with Crippen LogP contribution in [0.15, 0.2) is 0 Å². The molecule has 2 unspecified atom stereocenters. The molecule has 0 amide bonds. The van der Waals surface area contributed by atoms with E-state index in [9.17, 15) is 0 Å². The lowest BCUT2D eigenvalue weighted by Crippen LogP contribution is -2.32. The minimum Gasteiger partial charge on any atom is -0.300 e. The number of rotatable bonds is 5. The Kier molecular flexibility index (Phi) is 6.32. The molecule has 0 radical (unpaired) electrons. The molecule has 0 fully saturated rings. The van der Waals surface area contributed by atoms with Crippen LogP contribution in [-0.4, -0.2) is 29.9 Å². The summed E-state index contributed by atoms with van der Waals surface area (Å²) in [7, 11) is 0. The first kappa shape index (κ1) is 12.2. The van der Waals surface area contributed by atoms with Gasteiger partial charge in [0.05, 0.1) is 18.1 Å². The molecule has 0 N–H and O–H groups in total. The van der Waals surface area contributed by atoms with Gasteiger partial charge in [0.1, 0.15) is 5.38 Å². The van der Waals surface area contributed by atoms with Gasteiger partial charge in [-0.05, 0) is 13.5 Å². The van der Waals surface area contributed by atoms with Gasteiger partial charge in [0.15, 0.2) is 0 Å². The zero-order valence-corrected chi connectivity index (χ0v) is 8.75. The molecule has 0 aliphatic heterocycles. The first-order chi connectivity index (χ1) is 6.13.